The van der Waals surface area contributed by atoms with E-state index in [4.69, 9.17) is 15.6 Å². The quantitative estimate of drug-likeness (QED) is 0.805. The topological polar surface area (TPSA) is 107 Å². The highest BCUT2D eigenvalue weighted by molar-refractivity contribution is 5.83. The van der Waals surface area contributed by atoms with Crippen LogP contribution in [0.15, 0.2) is 24.5 Å². The first-order valence-corrected chi connectivity index (χ1v) is 7.30. The molecule has 0 unspecified atom stereocenters. The van der Waals surface area contributed by atoms with Gasteiger partial charge in [0, 0.05) is 24.2 Å². The van der Waals surface area contributed by atoms with Gasteiger partial charge >= 0.3 is 11.9 Å². The van der Waals surface area contributed by atoms with Gasteiger partial charge in [-0.25, -0.2) is 4.98 Å². The third-order valence-electron chi connectivity index (χ3n) is 3.19. The summed E-state index contributed by atoms with van der Waals surface area (Å²) in [6.07, 6.45) is 3.50. The zero-order valence-electron chi connectivity index (χ0n) is 13.4. The maximum Gasteiger partial charge on any atom is 0.326 e. The van der Waals surface area contributed by atoms with Crippen molar-refractivity contribution < 1.29 is 19.4 Å². The van der Waals surface area contributed by atoms with E-state index in [0.29, 0.717) is 5.65 Å². The lowest BCUT2D eigenvalue weighted by atomic mass is 10.1. The van der Waals surface area contributed by atoms with Crippen LogP contribution >= 0.6 is 0 Å². The van der Waals surface area contributed by atoms with E-state index in [1.165, 1.54) is 0 Å². The molecule has 0 saturated carbocycles. The van der Waals surface area contributed by atoms with Gasteiger partial charge in [0.25, 0.3) is 0 Å². The fourth-order valence-corrected chi connectivity index (χ4v) is 2.32. The Morgan fingerprint density at radius 2 is 2.13 bits per heavy atom. The summed E-state index contributed by atoms with van der Waals surface area (Å²) in [7, 11) is 0. The molecule has 0 amide bonds. The number of carbonyl (C=O) groups is 2. The van der Waals surface area contributed by atoms with Crippen molar-refractivity contribution in [1.82, 2.24) is 9.55 Å². The van der Waals surface area contributed by atoms with Crippen LogP contribution in [0.3, 0.4) is 0 Å². The minimum absolute atomic E-state index is 0.00704. The summed E-state index contributed by atoms with van der Waals surface area (Å²) in [5.41, 5.74) is 6.39. The minimum atomic E-state index is -1.07. The molecule has 1 atom stereocenters. The lowest BCUT2D eigenvalue weighted by molar-refractivity contribution is -0.155. The number of aromatic nitrogens is 2. The van der Waals surface area contributed by atoms with Crippen LogP contribution in [0.4, 0.5) is 0 Å². The summed E-state index contributed by atoms with van der Waals surface area (Å²) in [5.74, 6) is -1.45. The Morgan fingerprint density at radius 1 is 1.43 bits per heavy atom. The molecule has 2 heterocycles. The number of fused-ring (bicyclic) bond motifs is 1. The summed E-state index contributed by atoms with van der Waals surface area (Å²) in [6, 6.07) is 2.59. The number of pyridine rings is 1. The molecule has 0 aliphatic carbocycles. The monoisotopic (exact) mass is 319 g/mol. The molecule has 2 aromatic rings. The smallest absolute Gasteiger partial charge is 0.326 e. The summed E-state index contributed by atoms with van der Waals surface area (Å²) in [4.78, 5) is 27.3. The third-order valence-corrected chi connectivity index (χ3v) is 3.19. The van der Waals surface area contributed by atoms with Crippen LogP contribution in [0.25, 0.3) is 11.0 Å². The zero-order chi connectivity index (χ0) is 17.2. The number of carboxylic acids is 1. The highest BCUT2D eigenvalue weighted by Crippen LogP contribution is 2.21. The number of hydrogen-bond acceptors (Lipinski definition) is 5. The number of nitrogens with zero attached hydrogens (tertiary/aromatic N) is 2. The van der Waals surface area contributed by atoms with Gasteiger partial charge in [0.2, 0.25) is 0 Å². The molecule has 0 saturated heterocycles. The predicted molar refractivity (Wildman–Crippen MR) is 84.9 cm³/mol. The second-order valence-corrected chi connectivity index (χ2v) is 6.39. The highest BCUT2D eigenvalue weighted by Gasteiger charge is 2.20. The molecule has 7 nitrogen and oxygen atoms in total. The van der Waals surface area contributed by atoms with E-state index in [-0.39, 0.29) is 18.9 Å². The fraction of sp³-hybridized carbons (Fsp3) is 0.438. The predicted octanol–water partition coefficient (Wildman–Crippen LogP) is 1.33. The number of rotatable bonds is 5. The number of ether oxygens (including phenoxy) is 1. The second kappa shape index (κ2) is 6.37. The molecule has 0 aromatic carbocycles. The van der Waals surface area contributed by atoms with E-state index in [1.807, 2.05) is 6.07 Å². The molecule has 0 aliphatic heterocycles. The number of esters is 1. The standard InChI is InChI=1S/C16H21N3O4/c1-16(2,3)23-13(20)9-19-8-10(7-12(17)15(21)22)11-5-4-6-18-14(11)19/h4-6,8,12H,7,9,17H2,1-3H3,(H,21,22)/t12-/m0/s1. The van der Waals surface area contributed by atoms with Crippen LogP contribution in [0.2, 0.25) is 0 Å². The maximum atomic E-state index is 12.0. The molecule has 124 valence electrons. The van der Waals surface area contributed by atoms with Gasteiger partial charge in [-0.3, -0.25) is 9.59 Å². The zero-order valence-corrected chi connectivity index (χ0v) is 13.4. The first kappa shape index (κ1) is 17.0. The van der Waals surface area contributed by atoms with Crippen LogP contribution in [0.5, 0.6) is 0 Å². The van der Waals surface area contributed by atoms with Gasteiger partial charge in [0.05, 0.1) is 0 Å². The highest BCUT2D eigenvalue weighted by atomic mass is 16.6. The molecule has 2 aromatic heterocycles. The molecule has 0 fully saturated rings. The van der Waals surface area contributed by atoms with Gasteiger partial charge in [0.1, 0.15) is 23.8 Å². The van der Waals surface area contributed by atoms with Crippen LogP contribution in [-0.4, -0.2) is 38.2 Å². The Morgan fingerprint density at radius 3 is 2.74 bits per heavy atom. The average Bonchev–Trinajstić information content (AvgIpc) is 2.75. The second-order valence-electron chi connectivity index (χ2n) is 6.39. The largest absolute Gasteiger partial charge is 0.480 e. The van der Waals surface area contributed by atoms with E-state index >= 15 is 0 Å². The van der Waals surface area contributed by atoms with Crippen LogP contribution < -0.4 is 5.73 Å². The van der Waals surface area contributed by atoms with E-state index in [0.717, 1.165) is 10.9 Å². The van der Waals surface area contributed by atoms with Gasteiger partial charge in [-0.15, -0.1) is 0 Å². The molecule has 0 bridgehead atoms. The molecular weight excluding hydrogens is 298 g/mol. The Balaban J connectivity index is 2.30. The Bertz CT molecular complexity index is 730. The summed E-state index contributed by atoms with van der Waals surface area (Å²) >= 11 is 0. The van der Waals surface area contributed by atoms with Gasteiger partial charge in [0.15, 0.2) is 0 Å². The number of carboxylic acid groups (broad SMARTS) is 1. The normalized spacial score (nSPS) is 13.0. The molecule has 2 rings (SSSR count). The van der Waals surface area contributed by atoms with Gasteiger partial charge in [-0.1, -0.05) is 0 Å². The Labute approximate surface area is 134 Å². The molecular formula is C16H21N3O4. The SMILES string of the molecule is CC(C)(C)OC(=O)Cn1cc(C[C@H](N)C(=O)O)c2cccnc21. The van der Waals surface area contributed by atoms with E-state index in [9.17, 15) is 9.59 Å². The van der Waals surface area contributed by atoms with Crippen molar-refractivity contribution >= 4 is 23.0 Å². The summed E-state index contributed by atoms with van der Waals surface area (Å²) in [5, 5.41) is 9.76. The van der Waals surface area contributed by atoms with Crippen molar-refractivity contribution in [2.24, 2.45) is 5.73 Å². The summed E-state index contributed by atoms with van der Waals surface area (Å²) in [6.45, 7) is 5.41. The van der Waals surface area contributed by atoms with Crippen LogP contribution in [0.1, 0.15) is 26.3 Å². The average molecular weight is 319 g/mol. The molecule has 3 N–H and O–H groups in total. The molecule has 0 aliphatic rings. The third kappa shape index (κ3) is 4.29. The van der Waals surface area contributed by atoms with Crippen molar-refractivity contribution in [2.75, 3.05) is 0 Å². The minimum Gasteiger partial charge on any atom is -0.480 e. The first-order valence-electron chi connectivity index (χ1n) is 7.30. The lowest BCUT2D eigenvalue weighted by Gasteiger charge is -2.19. The number of carbonyl (C=O) groups excluding carboxylic acids is 1. The van der Waals surface area contributed by atoms with Gasteiger partial charge in [-0.05, 0) is 38.5 Å². The molecule has 0 radical (unpaired) electrons. The van der Waals surface area contributed by atoms with Crippen molar-refractivity contribution in [3.05, 3.63) is 30.1 Å². The Kier molecular flexibility index (Phi) is 4.70. The van der Waals surface area contributed by atoms with E-state index < -0.39 is 17.6 Å². The fourth-order valence-electron chi connectivity index (χ4n) is 2.32. The molecule has 7 heteroatoms. The van der Waals surface area contributed by atoms with Crippen LogP contribution in [0, 0.1) is 0 Å². The maximum absolute atomic E-state index is 12.0. The van der Waals surface area contributed by atoms with Crippen molar-refractivity contribution in [1.29, 1.82) is 0 Å². The van der Waals surface area contributed by atoms with Gasteiger partial charge in [-0.2, -0.15) is 0 Å². The lowest BCUT2D eigenvalue weighted by Crippen LogP contribution is -2.32. The Hall–Kier alpha value is -2.41. The number of nitrogens with two attached hydrogens (primary N) is 1. The molecule has 23 heavy (non-hydrogen) atoms. The summed E-state index contributed by atoms with van der Waals surface area (Å²) < 4.78 is 6.97. The first-order chi connectivity index (χ1) is 10.7. The van der Waals surface area contributed by atoms with E-state index in [2.05, 4.69) is 4.98 Å². The van der Waals surface area contributed by atoms with Crippen molar-refractivity contribution in [2.45, 2.75) is 45.4 Å². The van der Waals surface area contributed by atoms with Crippen molar-refractivity contribution in [3.63, 3.8) is 0 Å². The number of aliphatic carboxylic acids is 1. The van der Waals surface area contributed by atoms with Crippen molar-refractivity contribution in [3.8, 4) is 0 Å². The molecule has 0 spiro atoms. The number of hydrogen-bond donors (Lipinski definition) is 2. The van der Waals surface area contributed by atoms with Crippen LogP contribution in [-0.2, 0) is 27.3 Å². The van der Waals surface area contributed by atoms with Gasteiger partial charge < -0.3 is 20.1 Å². The van der Waals surface area contributed by atoms with E-state index in [1.54, 1.807) is 43.8 Å².